The summed E-state index contributed by atoms with van der Waals surface area (Å²) in [7, 11) is -1.55. The summed E-state index contributed by atoms with van der Waals surface area (Å²) in [6, 6.07) is 7.66. The summed E-state index contributed by atoms with van der Waals surface area (Å²) in [5, 5.41) is 0. The maximum Gasteiger partial charge on any atom is 0.255 e. The normalized spacial score (nSPS) is 15.2. The van der Waals surface area contributed by atoms with Crippen LogP contribution in [0.15, 0.2) is 41.6 Å². The molecular formula is C19H23N3O2S. The molecular weight excluding hydrogens is 334 g/mol. The molecule has 25 heavy (non-hydrogen) atoms. The van der Waals surface area contributed by atoms with E-state index in [-0.39, 0.29) is 5.91 Å². The van der Waals surface area contributed by atoms with Gasteiger partial charge in [0.05, 0.1) is 16.1 Å². The Balaban J connectivity index is 1.90. The minimum atomic E-state index is -1.55. The molecule has 1 unspecified atom stereocenters. The lowest BCUT2D eigenvalue weighted by molar-refractivity contribution is 0.0789. The number of carbonyl (C=O) groups excluding carboxylic acids is 1. The topological polar surface area (TPSA) is 62.3 Å². The lowest BCUT2D eigenvalue weighted by atomic mass is 10.1. The highest BCUT2D eigenvalue weighted by molar-refractivity contribution is 7.86. The Bertz CT molecular complexity index is 801. The van der Waals surface area contributed by atoms with Gasteiger partial charge in [-0.3, -0.25) is 9.78 Å². The minimum Gasteiger partial charge on any atom is -0.339 e. The smallest absolute Gasteiger partial charge is 0.255 e. The fourth-order valence-corrected chi connectivity index (χ4v) is 4.21. The van der Waals surface area contributed by atoms with E-state index in [0.29, 0.717) is 10.5 Å². The van der Waals surface area contributed by atoms with Gasteiger partial charge in [0.1, 0.15) is 0 Å². The van der Waals surface area contributed by atoms with E-state index < -0.39 is 11.0 Å². The molecule has 1 N–H and O–H groups in total. The van der Waals surface area contributed by atoms with Crippen LogP contribution in [-0.4, -0.2) is 33.1 Å². The number of aromatic nitrogens is 1. The summed E-state index contributed by atoms with van der Waals surface area (Å²) < 4.78 is 16.1. The standard InChI is InChI=1S/C19H23N3O2S/c1-3-15-8-6-7-14(2)18(15)21-25(24)17-13-20-10-9-16(17)19(23)22-11-4-5-12-22/h6-10,13,21H,3-5,11-12H2,1-2H3. The highest BCUT2D eigenvalue weighted by Crippen LogP contribution is 2.25. The van der Waals surface area contributed by atoms with Gasteiger partial charge in [0.15, 0.2) is 11.0 Å². The number of hydrogen-bond acceptors (Lipinski definition) is 3. The summed E-state index contributed by atoms with van der Waals surface area (Å²) in [6.07, 6.45) is 5.99. The highest BCUT2D eigenvalue weighted by Gasteiger charge is 2.24. The van der Waals surface area contributed by atoms with E-state index in [1.165, 1.54) is 6.20 Å². The molecule has 0 bridgehead atoms. The molecule has 0 saturated carbocycles. The van der Waals surface area contributed by atoms with Crippen molar-refractivity contribution < 1.29 is 9.00 Å². The number of aryl methyl sites for hydroxylation is 2. The molecule has 1 fully saturated rings. The number of anilines is 1. The number of rotatable bonds is 5. The molecule has 0 radical (unpaired) electrons. The Morgan fingerprint density at radius 2 is 2.04 bits per heavy atom. The molecule has 2 aromatic rings. The number of pyridine rings is 1. The van der Waals surface area contributed by atoms with E-state index in [1.54, 1.807) is 12.3 Å². The molecule has 1 aliphatic rings. The van der Waals surface area contributed by atoms with Crippen molar-refractivity contribution in [2.45, 2.75) is 38.0 Å². The number of para-hydroxylation sites is 1. The minimum absolute atomic E-state index is 0.0643. The van der Waals surface area contributed by atoms with E-state index >= 15 is 0 Å². The van der Waals surface area contributed by atoms with Crippen molar-refractivity contribution in [1.82, 2.24) is 9.88 Å². The maximum atomic E-state index is 13.0. The van der Waals surface area contributed by atoms with Crippen LogP contribution < -0.4 is 4.72 Å². The average molecular weight is 357 g/mol. The van der Waals surface area contributed by atoms with Crippen LogP contribution in [0.25, 0.3) is 0 Å². The number of likely N-dealkylation sites (tertiary alicyclic amines) is 1. The Kier molecular flexibility index (Phi) is 5.48. The van der Waals surface area contributed by atoms with Crippen LogP contribution in [0, 0.1) is 6.92 Å². The number of nitrogens with zero attached hydrogens (tertiary/aromatic N) is 2. The fourth-order valence-electron chi connectivity index (χ4n) is 3.11. The zero-order chi connectivity index (χ0) is 17.8. The van der Waals surface area contributed by atoms with Gasteiger partial charge in [0, 0.05) is 25.5 Å². The van der Waals surface area contributed by atoms with Crippen molar-refractivity contribution in [1.29, 1.82) is 0 Å². The van der Waals surface area contributed by atoms with E-state index in [9.17, 15) is 9.00 Å². The SMILES string of the molecule is CCc1cccc(C)c1NS(=O)c1cnccc1C(=O)N1CCCC1. The first-order chi connectivity index (χ1) is 12.1. The van der Waals surface area contributed by atoms with Gasteiger partial charge < -0.3 is 9.62 Å². The quantitative estimate of drug-likeness (QED) is 0.893. The molecule has 0 aliphatic carbocycles. The lowest BCUT2D eigenvalue weighted by Gasteiger charge is -2.18. The number of hydrogen-bond donors (Lipinski definition) is 1. The summed E-state index contributed by atoms with van der Waals surface area (Å²) in [4.78, 5) is 19.1. The third-order valence-corrected chi connectivity index (χ3v) is 5.66. The zero-order valence-electron chi connectivity index (χ0n) is 14.6. The predicted octanol–water partition coefficient (Wildman–Crippen LogP) is 3.32. The molecule has 1 saturated heterocycles. The Morgan fingerprint density at radius 1 is 1.28 bits per heavy atom. The third-order valence-electron chi connectivity index (χ3n) is 4.54. The van der Waals surface area contributed by atoms with Gasteiger partial charge in [-0.2, -0.15) is 0 Å². The Labute approximate surface area is 151 Å². The van der Waals surface area contributed by atoms with Gasteiger partial charge in [-0.25, -0.2) is 4.21 Å². The molecule has 1 aromatic heterocycles. The fraction of sp³-hybridized carbons (Fsp3) is 0.368. The van der Waals surface area contributed by atoms with Crippen molar-refractivity contribution in [3.8, 4) is 0 Å². The largest absolute Gasteiger partial charge is 0.339 e. The monoisotopic (exact) mass is 357 g/mol. The van der Waals surface area contributed by atoms with Crippen LogP contribution in [0.2, 0.25) is 0 Å². The van der Waals surface area contributed by atoms with E-state index in [4.69, 9.17) is 0 Å². The molecule has 3 rings (SSSR count). The van der Waals surface area contributed by atoms with Crippen LogP contribution in [0.3, 0.4) is 0 Å². The molecule has 6 heteroatoms. The maximum absolute atomic E-state index is 13.0. The van der Waals surface area contributed by atoms with Crippen LogP contribution in [0.4, 0.5) is 5.69 Å². The van der Waals surface area contributed by atoms with Crippen molar-refractivity contribution in [2.75, 3.05) is 17.8 Å². The second kappa shape index (κ2) is 7.78. The van der Waals surface area contributed by atoms with Crippen LogP contribution in [0.5, 0.6) is 0 Å². The van der Waals surface area contributed by atoms with Gasteiger partial charge in [-0.05, 0) is 43.4 Å². The van der Waals surface area contributed by atoms with E-state index in [1.807, 2.05) is 30.0 Å². The molecule has 1 aromatic carbocycles. The highest BCUT2D eigenvalue weighted by atomic mass is 32.2. The van der Waals surface area contributed by atoms with Gasteiger partial charge >= 0.3 is 0 Å². The first-order valence-electron chi connectivity index (χ1n) is 8.62. The predicted molar refractivity (Wildman–Crippen MR) is 100.0 cm³/mol. The van der Waals surface area contributed by atoms with Crippen LogP contribution in [-0.2, 0) is 17.4 Å². The van der Waals surface area contributed by atoms with Crippen molar-refractivity contribution >= 4 is 22.6 Å². The first kappa shape index (κ1) is 17.6. The number of carbonyl (C=O) groups is 1. The molecule has 132 valence electrons. The second-order valence-corrected chi connectivity index (χ2v) is 7.39. The van der Waals surface area contributed by atoms with Gasteiger partial charge in [-0.1, -0.05) is 25.1 Å². The Hall–Kier alpha value is -2.21. The van der Waals surface area contributed by atoms with Crippen molar-refractivity contribution in [2.24, 2.45) is 0 Å². The molecule has 2 heterocycles. The van der Waals surface area contributed by atoms with Gasteiger partial charge in [-0.15, -0.1) is 0 Å². The summed E-state index contributed by atoms with van der Waals surface area (Å²) in [6.45, 7) is 5.57. The first-order valence-corrected chi connectivity index (χ1v) is 9.77. The third kappa shape index (κ3) is 3.74. The van der Waals surface area contributed by atoms with Gasteiger partial charge in [0.2, 0.25) is 0 Å². The molecule has 1 aliphatic heterocycles. The van der Waals surface area contributed by atoms with Crippen LogP contribution >= 0.6 is 0 Å². The molecule has 1 amide bonds. The zero-order valence-corrected chi connectivity index (χ0v) is 15.4. The van der Waals surface area contributed by atoms with E-state index in [2.05, 4.69) is 16.6 Å². The molecule has 1 atom stereocenters. The molecule has 0 spiro atoms. The number of nitrogens with one attached hydrogen (secondary N) is 1. The van der Waals surface area contributed by atoms with Crippen molar-refractivity contribution in [3.63, 3.8) is 0 Å². The summed E-state index contributed by atoms with van der Waals surface area (Å²) >= 11 is 0. The molecule has 5 nitrogen and oxygen atoms in total. The Morgan fingerprint density at radius 3 is 2.76 bits per heavy atom. The summed E-state index contributed by atoms with van der Waals surface area (Å²) in [5.74, 6) is -0.0643. The van der Waals surface area contributed by atoms with Crippen LogP contribution in [0.1, 0.15) is 41.3 Å². The number of benzene rings is 1. The van der Waals surface area contributed by atoms with E-state index in [0.717, 1.165) is 49.2 Å². The lowest BCUT2D eigenvalue weighted by Crippen LogP contribution is -2.29. The average Bonchev–Trinajstić information content (AvgIpc) is 3.17. The van der Waals surface area contributed by atoms with Gasteiger partial charge in [0.25, 0.3) is 5.91 Å². The van der Waals surface area contributed by atoms with Crippen molar-refractivity contribution in [3.05, 3.63) is 53.3 Å². The number of amides is 1. The second-order valence-electron chi connectivity index (χ2n) is 6.20. The summed E-state index contributed by atoms with van der Waals surface area (Å²) in [5.41, 5.74) is 3.47.